The smallest absolute Gasteiger partial charge is 0.155 e. The second-order valence-electron chi connectivity index (χ2n) is 3.25. The van der Waals surface area contributed by atoms with E-state index in [1.807, 2.05) is 6.92 Å². The summed E-state index contributed by atoms with van der Waals surface area (Å²) in [5.41, 5.74) is 1.44. The van der Waals surface area contributed by atoms with E-state index in [1.54, 1.807) is 24.5 Å². The van der Waals surface area contributed by atoms with Crippen molar-refractivity contribution < 1.29 is 9.18 Å². The third-order valence-electron chi connectivity index (χ3n) is 2.11. The average Bonchev–Trinajstić information content (AvgIpc) is 2.64. The van der Waals surface area contributed by atoms with Crippen molar-refractivity contribution in [1.29, 1.82) is 0 Å². The Morgan fingerprint density at radius 2 is 2.27 bits per heavy atom. The van der Waals surface area contributed by atoms with Crippen LogP contribution in [0.5, 0.6) is 0 Å². The molecule has 0 aliphatic rings. The SMILES string of the molecule is Cc1cnn(-c2cccc(F)c2C=O)c1. The zero-order chi connectivity index (χ0) is 10.8. The first-order valence-electron chi connectivity index (χ1n) is 4.47. The van der Waals surface area contributed by atoms with E-state index in [-0.39, 0.29) is 5.56 Å². The molecule has 15 heavy (non-hydrogen) atoms. The fraction of sp³-hybridized carbons (Fsp3) is 0.0909. The Bertz CT molecular complexity index is 505. The molecule has 3 nitrogen and oxygen atoms in total. The lowest BCUT2D eigenvalue weighted by atomic mass is 10.2. The molecule has 1 aromatic carbocycles. The summed E-state index contributed by atoms with van der Waals surface area (Å²) in [5, 5.41) is 4.03. The number of carbonyl (C=O) groups is 1. The number of carbonyl (C=O) groups excluding carboxylic acids is 1. The normalized spacial score (nSPS) is 10.3. The van der Waals surface area contributed by atoms with Crippen molar-refractivity contribution in [2.75, 3.05) is 0 Å². The van der Waals surface area contributed by atoms with Crippen molar-refractivity contribution in [2.45, 2.75) is 6.92 Å². The molecule has 0 unspecified atom stereocenters. The molecule has 2 rings (SSSR count). The Balaban J connectivity index is 2.62. The number of halogens is 1. The molecule has 0 atom stereocenters. The highest BCUT2D eigenvalue weighted by Crippen LogP contribution is 2.15. The van der Waals surface area contributed by atoms with E-state index in [2.05, 4.69) is 5.10 Å². The standard InChI is InChI=1S/C11H9FN2O/c1-8-5-13-14(6-8)11-4-2-3-10(12)9(11)7-15/h2-7H,1H3. The first-order chi connectivity index (χ1) is 7.22. The predicted molar refractivity (Wildman–Crippen MR) is 53.6 cm³/mol. The number of hydrogen-bond donors (Lipinski definition) is 0. The van der Waals surface area contributed by atoms with Gasteiger partial charge in [0.1, 0.15) is 5.82 Å². The first-order valence-corrected chi connectivity index (χ1v) is 4.47. The average molecular weight is 204 g/mol. The van der Waals surface area contributed by atoms with Gasteiger partial charge in [0.25, 0.3) is 0 Å². The van der Waals surface area contributed by atoms with Crippen molar-refractivity contribution in [3.05, 3.63) is 47.5 Å². The second-order valence-corrected chi connectivity index (χ2v) is 3.25. The number of benzene rings is 1. The van der Waals surface area contributed by atoms with Gasteiger partial charge in [-0.2, -0.15) is 5.10 Å². The van der Waals surface area contributed by atoms with Crippen LogP contribution in [0.2, 0.25) is 0 Å². The highest BCUT2D eigenvalue weighted by Gasteiger charge is 2.09. The predicted octanol–water partition coefficient (Wildman–Crippen LogP) is 2.13. The fourth-order valence-corrected chi connectivity index (χ4v) is 1.39. The molecule has 0 amide bonds. The summed E-state index contributed by atoms with van der Waals surface area (Å²) < 4.78 is 14.8. The molecule has 76 valence electrons. The lowest BCUT2D eigenvalue weighted by Gasteiger charge is -2.04. The molecule has 4 heteroatoms. The van der Waals surface area contributed by atoms with E-state index in [9.17, 15) is 9.18 Å². The molecule has 0 bridgehead atoms. The van der Waals surface area contributed by atoms with Gasteiger partial charge >= 0.3 is 0 Å². The summed E-state index contributed by atoms with van der Waals surface area (Å²) in [7, 11) is 0. The lowest BCUT2D eigenvalue weighted by molar-refractivity contribution is 0.111. The Labute approximate surface area is 86.2 Å². The Kier molecular flexibility index (Phi) is 2.33. The number of rotatable bonds is 2. The van der Waals surface area contributed by atoms with Gasteiger partial charge in [0.05, 0.1) is 17.4 Å². The summed E-state index contributed by atoms with van der Waals surface area (Å²) in [6.07, 6.45) is 3.89. The summed E-state index contributed by atoms with van der Waals surface area (Å²) in [6.45, 7) is 1.88. The van der Waals surface area contributed by atoms with Crippen LogP contribution in [0.4, 0.5) is 4.39 Å². The summed E-state index contributed by atoms with van der Waals surface area (Å²) in [6, 6.07) is 4.46. The molecular formula is C11H9FN2O. The van der Waals surface area contributed by atoms with E-state index in [4.69, 9.17) is 0 Å². The van der Waals surface area contributed by atoms with Crippen LogP contribution >= 0.6 is 0 Å². The summed E-state index contributed by atoms with van der Waals surface area (Å²) >= 11 is 0. The van der Waals surface area contributed by atoms with E-state index in [1.165, 1.54) is 10.7 Å². The van der Waals surface area contributed by atoms with E-state index in [0.717, 1.165) is 5.56 Å². The van der Waals surface area contributed by atoms with Crippen LogP contribution in [0.25, 0.3) is 5.69 Å². The minimum Gasteiger partial charge on any atom is -0.298 e. The van der Waals surface area contributed by atoms with Gasteiger partial charge in [0.2, 0.25) is 0 Å². The molecular weight excluding hydrogens is 195 g/mol. The summed E-state index contributed by atoms with van der Waals surface area (Å²) in [5.74, 6) is -0.532. The number of aldehydes is 1. The highest BCUT2D eigenvalue weighted by atomic mass is 19.1. The van der Waals surface area contributed by atoms with Gasteiger partial charge in [-0.15, -0.1) is 0 Å². The Morgan fingerprint density at radius 1 is 1.47 bits per heavy atom. The quantitative estimate of drug-likeness (QED) is 0.702. The Morgan fingerprint density at radius 3 is 2.87 bits per heavy atom. The minimum absolute atomic E-state index is 0.0283. The number of aromatic nitrogens is 2. The van der Waals surface area contributed by atoms with Crippen LogP contribution in [0.15, 0.2) is 30.6 Å². The monoisotopic (exact) mass is 204 g/mol. The largest absolute Gasteiger partial charge is 0.298 e. The summed E-state index contributed by atoms with van der Waals surface area (Å²) in [4.78, 5) is 10.7. The third kappa shape index (κ3) is 1.66. The van der Waals surface area contributed by atoms with E-state index < -0.39 is 5.82 Å². The minimum atomic E-state index is -0.532. The number of aryl methyl sites for hydroxylation is 1. The van der Waals surface area contributed by atoms with Crippen LogP contribution in [0.3, 0.4) is 0 Å². The molecule has 0 spiro atoms. The van der Waals surface area contributed by atoms with Crippen molar-refractivity contribution >= 4 is 6.29 Å². The molecule has 2 aromatic rings. The molecule has 0 N–H and O–H groups in total. The van der Waals surface area contributed by atoms with Gasteiger partial charge < -0.3 is 0 Å². The molecule has 0 aliphatic carbocycles. The highest BCUT2D eigenvalue weighted by molar-refractivity contribution is 5.81. The van der Waals surface area contributed by atoms with Crippen LogP contribution in [0, 0.1) is 12.7 Å². The first kappa shape index (κ1) is 9.58. The van der Waals surface area contributed by atoms with Gasteiger partial charge in [-0.1, -0.05) is 6.07 Å². The van der Waals surface area contributed by atoms with Gasteiger partial charge in [-0.05, 0) is 24.6 Å². The number of hydrogen-bond acceptors (Lipinski definition) is 2. The van der Waals surface area contributed by atoms with Crippen LogP contribution < -0.4 is 0 Å². The maximum Gasteiger partial charge on any atom is 0.155 e. The molecule has 1 aromatic heterocycles. The molecule has 0 radical (unpaired) electrons. The van der Waals surface area contributed by atoms with Crippen molar-refractivity contribution in [2.24, 2.45) is 0 Å². The maximum atomic E-state index is 13.3. The molecule has 0 saturated carbocycles. The van der Waals surface area contributed by atoms with Gasteiger partial charge in [0.15, 0.2) is 6.29 Å². The Hall–Kier alpha value is -1.97. The third-order valence-corrected chi connectivity index (χ3v) is 2.11. The fourth-order valence-electron chi connectivity index (χ4n) is 1.39. The van der Waals surface area contributed by atoms with Gasteiger partial charge in [-0.3, -0.25) is 4.79 Å². The van der Waals surface area contributed by atoms with Gasteiger partial charge in [0, 0.05) is 6.20 Å². The lowest BCUT2D eigenvalue weighted by Crippen LogP contribution is -2.01. The van der Waals surface area contributed by atoms with Crippen molar-refractivity contribution in [3.63, 3.8) is 0 Å². The van der Waals surface area contributed by atoms with Crippen molar-refractivity contribution in [3.8, 4) is 5.69 Å². The van der Waals surface area contributed by atoms with Crippen LogP contribution in [0.1, 0.15) is 15.9 Å². The topological polar surface area (TPSA) is 34.9 Å². The molecule has 0 saturated heterocycles. The second kappa shape index (κ2) is 3.65. The van der Waals surface area contributed by atoms with Crippen LogP contribution in [-0.4, -0.2) is 16.1 Å². The molecule has 0 fully saturated rings. The van der Waals surface area contributed by atoms with Crippen molar-refractivity contribution in [1.82, 2.24) is 9.78 Å². The maximum absolute atomic E-state index is 13.3. The van der Waals surface area contributed by atoms with Gasteiger partial charge in [-0.25, -0.2) is 9.07 Å². The zero-order valence-corrected chi connectivity index (χ0v) is 8.14. The molecule has 1 heterocycles. The van der Waals surface area contributed by atoms with Crippen LogP contribution in [-0.2, 0) is 0 Å². The molecule has 0 aliphatic heterocycles. The number of nitrogens with zero attached hydrogens (tertiary/aromatic N) is 2. The van der Waals surface area contributed by atoms with E-state index in [0.29, 0.717) is 12.0 Å². The zero-order valence-electron chi connectivity index (χ0n) is 8.14. The van der Waals surface area contributed by atoms with E-state index >= 15 is 0 Å².